The Morgan fingerprint density at radius 2 is 0.658 bits per heavy atom. The first-order valence-electron chi connectivity index (χ1n) is 33.9. The molecule has 0 aliphatic carbocycles. The minimum absolute atomic E-state index is 0.00990. The number of amides is 1. The second kappa shape index (κ2) is 65.3. The van der Waals surface area contributed by atoms with Crippen LogP contribution in [-0.2, 0) is 14.3 Å². The molecule has 0 spiro atoms. The fourth-order valence-corrected chi connectivity index (χ4v) is 10.4. The molecule has 0 aliphatic heterocycles. The van der Waals surface area contributed by atoms with E-state index in [1.54, 1.807) is 6.08 Å². The summed E-state index contributed by atoms with van der Waals surface area (Å²) >= 11 is 0. The molecule has 0 aromatic carbocycles. The lowest BCUT2D eigenvalue weighted by Gasteiger charge is -2.20. The molecule has 0 radical (unpaired) electrons. The number of carbonyl (C=O) groups is 2. The van der Waals surface area contributed by atoms with Crippen molar-refractivity contribution >= 4 is 11.9 Å². The van der Waals surface area contributed by atoms with Gasteiger partial charge in [-0.2, -0.15) is 0 Å². The molecule has 0 saturated carbocycles. The van der Waals surface area contributed by atoms with E-state index in [1.807, 2.05) is 6.08 Å². The highest BCUT2D eigenvalue weighted by Gasteiger charge is 2.18. The second-order valence-corrected chi connectivity index (χ2v) is 23.1. The highest BCUT2D eigenvalue weighted by molar-refractivity contribution is 5.76. The SMILES string of the molecule is CCCCCC/C=C\C/C=C\CCCCCCCCCC(=O)OCCCCCCCCCCCCCC/C=C\CCCCCCCCCCCCCCCCCC(=O)NC(CO)C(O)/C=C/CCCCCCCCCC. The zero-order valence-electron chi connectivity index (χ0n) is 51.0. The smallest absolute Gasteiger partial charge is 0.305 e. The van der Waals surface area contributed by atoms with Crippen molar-refractivity contribution in [2.24, 2.45) is 0 Å². The molecule has 0 heterocycles. The van der Waals surface area contributed by atoms with Crippen LogP contribution in [0.1, 0.15) is 361 Å². The van der Waals surface area contributed by atoms with Crippen molar-refractivity contribution in [1.29, 1.82) is 0 Å². The average molecular weight is 1070 g/mol. The lowest BCUT2D eigenvalue weighted by atomic mass is 10.0. The maximum atomic E-state index is 12.4. The van der Waals surface area contributed by atoms with Crippen LogP contribution in [0.25, 0.3) is 0 Å². The number of esters is 1. The van der Waals surface area contributed by atoms with Crippen LogP contribution in [0.2, 0.25) is 0 Å². The zero-order valence-corrected chi connectivity index (χ0v) is 51.0. The molecular formula is C70H131NO5. The Hall–Kier alpha value is -2.18. The Morgan fingerprint density at radius 1 is 0.368 bits per heavy atom. The van der Waals surface area contributed by atoms with E-state index in [0.29, 0.717) is 19.4 Å². The first kappa shape index (κ1) is 73.8. The van der Waals surface area contributed by atoms with E-state index in [2.05, 4.69) is 55.6 Å². The predicted octanol–water partition coefficient (Wildman–Crippen LogP) is 21.7. The van der Waals surface area contributed by atoms with Crippen molar-refractivity contribution in [1.82, 2.24) is 5.32 Å². The third-order valence-corrected chi connectivity index (χ3v) is 15.6. The van der Waals surface area contributed by atoms with Crippen LogP contribution in [-0.4, -0.2) is 47.4 Å². The molecule has 0 aliphatic rings. The first-order chi connectivity index (χ1) is 37.5. The number of unbranched alkanes of at least 4 members (excludes halogenated alkanes) is 46. The number of rotatable bonds is 63. The van der Waals surface area contributed by atoms with Crippen LogP contribution in [0.4, 0.5) is 0 Å². The summed E-state index contributed by atoms with van der Waals surface area (Å²) < 4.78 is 5.50. The van der Waals surface area contributed by atoms with Crippen LogP contribution in [0.5, 0.6) is 0 Å². The van der Waals surface area contributed by atoms with E-state index in [4.69, 9.17) is 4.74 Å². The number of aliphatic hydroxyl groups is 2. The molecule has 446 valence electrons. The van der Waals surface area contributed by atoms with Gasteiger partial charge in [-0.15, -0.1) is 0 Å². The van der Waals surface area contributed by atoms with Gasteiger partial charge in [0.05, 0.1) is 25.4 Å². The topological polar surface area (TPSA) is 95.9 Å². The van der Waals surface area contributed by atoms with Gasteiger partial charge in [-0.25, -0.2) is 0 Å². The van der Waals surface area contributed by atoms with Gasteiger partial charge in [0, 0.05) is 12.8 Å². The minimum Gasteiger partial charge on any atom is -0.466 e. The van der Waals surface area contributed by atoms with E-state index in [9.17, 15) is 19.8 Å². The number of allylic oxidation sites excluding steroid dienone is 7. The van der Waals surface area contributed by atoms with E-state index in [1.165, 1.54) is 283 Å². The molecule has 0 aromatic rings. The fraction of sp³-hybridized carbons (Fsp3) is 0.857. The average Bonchev–Trinajstić information content (AvgIpc) is 3.42. The molecule has 0 rings (SSSR count). The van der Waals surface area contributed by atoms with Crippen molar-refractivity contribution in [2.75, 3.05) is 13.2 Å². The van der Waals surface area contributed by atoms with Crippen LogP contribution in [0.3, 0.4) is 0 Å². The Labute approximate surface area is 474 Å². The maximum absolute atomic E-state index is 12.4. The summed E-state index contributed by atoms with van der Waals surface area (Å²) in [6.07, 6.45) is 84.8. The monoisotopic (exact) mass is 1070 g/mol. The Balaban J connectivity index is 3.35. The van der Waals surface area contributed by atoms with E-state index in [0.717, 1.165) is 51.4 Å². The van der Waals surface area contributed by atoms with E-state index >= 15 is 0 Å². The van der Waals surface area contributed by atoms with Gasteiger partial charge >= 0.3 is 5.97 Å². The van der Waals surface area contributed by atoms with Gasteiger partial charge in [0.15, 0.2) is 0 Å². The van der Waals surface area contributed by atoms with Gasteiger partial charge in [-0.05, 0) is 89.9 Å². The molecular weight excluding hydrogens is 935 g/mol. The molecule has 0 aromatic heterocycles. The quantitative estimate of drug-likeness (QED) is 0.0320. The lowest BCUT2D eigenvalue weighted by molar-refractivity contribution is -0.143. The molecule has 0 saturated heterocycles. The molecule has 2 atom stereocenters. The summed E-state index contributed by atoms with van der Waals surface area (Å²) in [5, 5.41) is 23.0. The van der Waals surface area contributed by atoms with Gasteiger partial charge in [0.2, 0.25) is 5.91 Å². The van der Waals surface area contributed by atoms with Crippen molar-refractivity contribution in [3.8, 4) is 0 Å². The first-order valence-corrected chi connectivity index (χ1v) is 33.9. The summed E-state index contributed by atoms with van der Waals surface area (Å²) in [4.78, 5) is 24.5. The predicted molar refractivity (Wildman–Crippen MR) is 333 cm³/mol. The Kier molecular flexibility index (Phi) is 63.5. The van der Waals surface area contributed by atoms with Gasteiger partial charge < -0.3 is 20.3 Å². The van der Waals surface area contributed by atoms with Crippen LogP contribution >= 0.6 is 0 Å². The molecule has 6 nitrogen and oxygen atoms in total. The summed E-state index contributed by atoms with van der Waals surface area (Å²) in [6, 6.07) is -0.625. The summed E-state index contributed by atoms with van der Waals surface area (Å²) in [7, 11) is 0. The third kappa shape index (κ3) is 61.0. The fourth-order valence-electron chi connectivity index (χ4n) is 10.4. The van der Waals surface area contributed by atoms with Gasteiger partial charge in [-0.3, -0.25) is 9.59 Å². The summed E-state index contributed by atoms with van der Waals surface area (Å²) in [5.41, 5.74) is 0. The van der Waals surface area contributed by atoms with E-state index < -0.39 is 12.1 Å². The largest absolute Gasteiger partial charge is 0.466 e. The highest BCUT2D eigenvalue weighted by Crippen LogP contribution is 2.17. The second-order valence-electron chi connectivity index (χ2n) is 23.1. The number of hydrogen-bond acceptors (Lipinski definition) is 5. The van der Waals surface area contributed by atoms with Crippen molar-refractivity contribution < 1.29 is 24.5 Å². The van der Waals surface area contributed by atoms with Gasteiger partial charge in [0.25, 0.3) is 0 Å². The van der Waals surface area contributed by atoms with Gasteiger partial charge in [0.1, 0.15) is 0 Å². The van der Waals surface area contributed by atoms with Crippen molar-refractivity contribution in [3.05, 3.63) is 48.6 Å². The number of hydrogen-bond donors (Lipinski definition) is 3. The molecule has 0 fully saturated rings. The zero-order chi connectivity index (χ0) is 55.0. The maximum Gasteiger partial charge on any atom is 0.305 e. The third-order valence-electron chi connectivity index (χ3n) is 15.6. The summed E-state index contributed by atoms with van der Waals surface area (Å²) in [6.45, 7) is 4.88. The number of carbonyl (C=O) groups excluding carboxylic acids is 2. The molecule has 3 N–H and O–H groups in total. The molecule has 76 heavy (non-hydrogen) atoms. The molecule has 6 heteroatoms. The normalized spacial score (nSPS) is 12.8. The molecule has 2 unspecified atom stereocenters. The standard InChI is InChI=1S/C70H131NO5/c1-3-5-7-9-11-13-15-16-17-18-35-38-41-44-48-52-56-60-64-70(75)76-65-61-57-53-49-45-42-39-36-33-31-29-27-25-23-21-19-20-22-24-26-28-30-32-34-37-40-43-47-51-55-59-63-69(74)71-67(66-72)68(73)62-58-54-50-46-14-12-10-8-6-4-2/h13,15,17-18,21,23,58,62,67-68,72-73H,3-12,14,16,19-20,22,24-57,59-61,63-66H2,1-2H3,(H,71,74)/b15-13-,18-17-,23-21-,62-58+. The Morgan fingerprint density at radius 3 is 1.03 bits per heavy atom. The summed E-state index contributed by atoms with van der Waals surface area (Å²) in [5.74, 6) is -0.0573. The molecule has 0 bridgehead atoms. The van der Waals surface area contributed by atoms with Crippen LogP contribution < -0.4 is 5.32 Å². The van der Waals surface area contributed by atoms with Gasteiger partial charge in [-0.1, -0.05) is 306 Å². The highest BCUT2D eigenvalue weighted by atomic mass is 16.5. The van der Waals surface area contributed by atoms with E-state index in [-0.39, 0.29) is 18.5 Å². The number of ether oxygens (including phenoxy) is 1. The van der Waals surface area contributed by atoms with Crippen molar-refractivity contribution in [2.45, 2.75) is 373 Å². The van der Waals surface area contributed by atoms with Crippen LogP contribution in [0, 0.1) is 0 Å². The van der Waals surface area contributed by atoms with Crippen LogP contribution in [0.15, 0.2) is 48.6 Å². The molecule has 1 amide bonds. The minimum atomic E-state index is -0.841. The number of nitrogens with one attached hydrogen (secondary N) is 1. The number of aliphatic hydroxyl groups excluding tert-OH is 2. The lowest BCUT2D eigenvalue weighted by Crippen LogP contribution is -2.45. The Bertz CT molecular complexity index is 1270. The van der Waals surface area contributed by atoms with Crippen molar-refractivity contribution in [3.63, 3.8) is 0 Å².